The van der Waals surface area contributed by atoms with Crippen LogP contribution in [0.2, 0.25) is 0 Å². The van der Waals surface area contributed by atoms with Gasteiger partial charge in [-0.2, -0.15) is 0 Å². The number of guanidine groups is 2. The Balaban J connectivity index is 0. The quantitative estimate of drug-likeness (QED) is 0.239. The maximum atomic E-state index is 6.47. The average Bonchev–Trinajstić information content (AvgIpc) is 2.22. The minimum absolute atomic E-state index is 0.312. The zero-order valence-corrected chi connectivity index (χ0v) is 9.31. The molecule has 5 nitrogen and oxygen atoms in total. The third-order valence-electron chi connectivity index (χ3n) is 1.77. The number of nitrogens with one attached hydrogen (secondary N) is 3. The van der Waals surface area contributed by atoms with Crippen LogP contribution in [-0.4, -0.2) is 11.9 Å². The van der Waals surface area contributed by atoms with E-state index in [9.17, 15) is 0 Å². The standard InChI is InChI=1S/C6H12.C2H7N5.C2H4/c1-2-4-6-5-3-1;3-1(4)7-2(5)6;1-2/h1-6H2;(H7,3,4,5,6,7);1-2H2. The van der Waals surface area contributed by atoms with Crippen molar-refractivity contribution >= 4 is 11.9 Å². The van der Waals surface area contributed by atoms with Crippen molar-refractivity contribution in [2.75, 3.05) is 0 Å². The van der Waals surface area contributed by atoms with E-state index >= 15 is 0 Å². The van der Waals surface area contributed by atoms with E-state index in [2.05, 4.69) is 13.2 Å². The highest BCUT2D eigenvalue weighted by Gasteiger charge is 1.95. The summed E-state index contributed by atoms with van der Waals surface area (Å²) in [6.45, 7) is 6.00. The number of hydrogen-bond donors (Lipinski definition) is 5. The summed E-state index contributed by atoms with van der Waals surface area (Å²) in [6, 6.07) is 0. The van der Waals surface area contributed by atoms with Crippen LogP contribution in [0.4, 0.5) is 0 Å². The summed E-state index contributed by atoms with van der Waals surface area (Å²) < 4.78 is 0. The molecule has 7 N–H and O–H groups in total. The summed E-state index contributed by atoms with van der Waals surface area (Å²) in [7, 11) is 0. The molecule has 1 aliphatic carbocycles. The number of nitrogens with two attached hydrogens (primary N) is 2. The second-order valence-corrected chi connectivity index (χ2v) is 3.07. The van der Waals surface area contributed by atoms with E-state index in [0.29, 0.717) is 0 Å². The Kier molecular flexibility index (Phi) is 13.3. The van der Waals surface area contributed by atoms with E-state index in [0.717, 1.165) is 0 Å². The van der Waals surface area contributed by atoms with Gasteiger partial charge in [0, 0.05) is 0 Å². The molecule has 0 heterocycles. The first kappa shape index (κ1) is 15.9. The van der Waals surface area contributed by atoms with Crippen molar-refractivity contribution in [2.45, 2.75) is 38.5 Å². The molecule has 0 amide bonds. The first-order valence-electron chi connectivity index (χ1n) is 5.08. The molecule has 0 aliphatic heterocycles. The van der Waals surface area contributed by atoms with Crippen LogP contribution in [0, 0.1) is 10.8 Å². The van der Waals surface area contributed by atoms with Gasteiger partial charge in [0.2, 0.25) is 0 Å². The number of rotatable bonds is 0. The molecule has 1 fully saturated rings. The summed E-state index contributed by atoms with van der Waals surface area (Å²) in [4.78, 5) is 0. The summed E-state index contributed by atoms with van der Waals surface area (Å²) in [6.07, 6.45) is 9.00. The third kappa shape index (κ3) is 19.1. The fourth-order valence-electron chi connectivity index (χ4n) is 1.21. The Morgan fingerprint density at radius 3 is 1.07 bits per heavy atom. The van der Waals surface area contributed by atoms with Gasteiger partial charge in [0.1, 0.15) is 0 Å². The highest BCUT2D eigenvalue weighted by molar-refractivity contribution is 5.93. The van der Waals surface area contributed by atoms with E-state index < -0.39 is 0 Å². The molecule has 0 aromatic rings. The van der Waals surface area contributed by atoms with Crippen molar-refractivity contribution in [3.63, 3.8) is 0 Å². The van der Waals surface area contributed by atoms with Crippen molar-refractivity contribution in [3.05, 3.63) is 13.2 Å². The molecule has 1 aliphatic rings. The molecule has 0 aromatic carbocycles. The average molecular weight is 213 g/mol. The Morgan fingerprint density at radius 1 is 0.800 bits per heavy atom. The molecule has 88 valence electrons. The van der Waals surface area contributed by atoms with E-state index in [1.165, 1.54) is 38.5 Å². The van der Waals surface area contributed by atoms with Crippen LogP contribution in [0.3, 0.4) is 0 Å². The van der Waals surface area contributed by atoms with E-state index in [1.807, 2.05) is 5.32 Å². The lowest BCUT2D eigenvalue weighted by molar-refractivity contribution is 0.504. The Labute approximate surface area is 91.9 Å². The van der Waals surface area contributed by atoms with Gasteiger partial charge in [-0.3, -0.25) is 16.1 Å². The molecule has 1 saturated carbocycles. The highest BCUT2D eigenvalue weighted by Crippen LogP contribution is 2.15. The second-order valence-electron chi connectivity index (χ2n) is 3.07. The molecule has 1 rings (SSSR count). The summed E-state index contributed by atoms with van der Waals surface area (Å²) in [5, 5.41) is 15.0. The van der Waals surface area contributed by atoms with Gasteiger partial charge in [0.15, 0.2) is 11.9 Å². The van der Waals surface area contributed by atoms with Crippen LogP contribution in [0.15, 0.2) is 13.2 Å². The van der Waals surface area contributed by atoms with Crippen LogP contribution in [-0.2, 0) is 0 Å². The summed E-state index contributed by atoms with van der Waals surface area (Å²) >= 11 is 0. The second kappa shape index (κ2) is 12.5. The number of hydrogen-bond acceptors (Lipinski definition) is 2. The molecule has 0 spiro atoms. The molecule has 0 atom stereocenters. The van der Waals surface area contributed by atoms with Gasteiger partial charge in [-0.1, -0.05) is 38.5 Å². The monoisotopic (exact) mass is 213 g/mol. The van der Waals surface area contributed by atoms with Gasteiger partial charge in [0.25, 0.3) is 0 Å². The van der Waals surface area contributed by atoms with Gasteiger partial charge in [-0.15, -0.1) is 13.2 Å². The maximum absolute atomic E-state index is 6.47. The zero-order valence-electron chi connectivity index (χ0n) is 9.31. The molecule has 0 radical (unpaired) electrons. The van der Waals surface area contributed by atoms with Gasteiger partial charge >= 0.3 is 0 Å². The van der Waals surface area contributed by atoms with Gasteiger partial charge in [-0.25, -0.2) is 0 Å². The van der Waals surface area contributed by atoms with Gasteiger partial charge < -0.3 is 11.5 Å². The fourth-order valence-corrected chi connectivity index (χ4v) is 1.21. The van der Waals surface area contributed by atoms with E-state index in [1.54, 1.807) is 0 Å². The predicted molar refractivity (Wildman–Crippen MR) is 65.9 cm³/mol. The Bertz CT molecular complexity index is 151. The minimum Gasteiger partial charge on any atom is -0.370 e. The molecular weight excluding hydrogens is 190 g/mol. The van der Waals surface area contributed by atoms with Gasteiger partial charge in [-0.05, 0) is 0 Å². The topological polar surface area (TPSA) is 112 Å². The SMILES string of the molecule is C1CCCCC1.C=C.N=C(N)NC(=N)N. The fraction of sp³-hybridized carbons (Fsp3) is 0.600. The van der Waals surface area contributed by atoms with Crippen LogP contribution < -0.4 is 16.8 Å². The van der Waals surface area contributed by atoms with E-state index in [4.69, 9.17) is 22.3 Å². The van der Waals surface area contributed by atoms with Crippen LogP contribution in [0.25, 0.3) is 0 Å². The van der Waals surface area contributed by atoms with Gasteiger partial charge in [0.05, 0.1) is 0 Å². The third-order valence-corrected chi connectivity index (χ3v) is 1.77. The first-order valence-corrected chi connectivity index (χ1v) is 5.08. The van der Waals surface area contributed by atoms with Crippen molar-refractivity contribution < 1.29 is 0 Å². The van der Waals surface area contributed by atoms with Crippen molar-refractivity contribution in [2.24, 2.45) is 11.5 Å². The normalized spacial score (nSPS) is 13.3. The molecule has 5 heteroatoms. The molecule has 15 heavy (non-hydrogen) atoms. The van der Waals surface area contributed by atoms with Crippen molar-refractivity contribution in [1.82, 2.24) is 5.32 Å². The molecule has 0 aromatic heterocycles. The minimum atomic E-state index is -0.312. The summed E-state index contributed by atoms with van der Waals surface area (Å²) in [5.41, 5.74) is 9.49. The Morgan fingerprint density at radius 2 is 1.00 bits per heavy atom. The first-order chi connectivity index (χ1) is 7.13. The van der Waals surface area contributed by atoms with E-state index in [-0.39, 0.29) is 11.9 Å². The van der Waals surface area contributed by atoms with Crippen LogP contribution in [0.1, 0.15) is 38.5 Å². The maximum Gasteiger partial charge on any atom is 0.192 e. The molecular formula is C10H23N5. The van der Waals surface area contributed by atoms with Crippen LogP contribution in [0.5, 0.6) is 0 Å². The smallest absolute Gasteiger partial charge is 0.192 e. The Hall–Kier alpha value is -1.52. The molecule has 0 unspecified atom stereocenters. The lowest BCUT2D eigenvalue weighted by atomic mass is 10.0. The summed E-state index contributed by atoms with van der Waals surface area (Å²) in [5.74, 6) is -0.625. The lowest BCUT2D eigenvalue weighted by Crippen LogP contribution is -2.39. The highest BCUT2D eigenvalue weighted by atomic mass is 15.1. The lowest BCUT2D eigenvalue weighted by Gasteiger charge is -2.05. The zero-order chi connectivity index (χ0) is 12.1. The molecule has 0 saturated heterocycles. The van der Waals surface area contributed by atoms with Crippen molar-refractivity contribution in [1.29, 1.82) is 10.8 Å². The van der Waals surface area contributed by atoms with Crippen molar-refractivity contribution in [3.8, 4) is 0 Å². The largest absolute Gasteiger partial charge is 0.370 e. The van der Waals surface area contributed by atoms with Crippen LogP contribution >= 0.6 is 0 Å². The predicted octanol–water partition coefficient (Wildman–Crippen LogP) is 1.51. The molecule has 0 bridgehead atoms.